The minimum absolute atomic E-state index is 0.0688. The first-order valence-electron chi connectivity index (χ1n) is 8.49. The molecular weight excluding hydrogens is 505 g/mol. The average molecular weight is 523 g/mol. The molecule has 0 radical (unpaired) electrons. The lowest BCUT2D eigenvalue weighted by Crippen LogP contribution is -2.19. The van der Waals surface area contributed by atoms with Gasteiger partial charge in [0.15, 0.2) is 11.5 Å². The zero-order chi connectivity index (χ0) is 20.6. The number of hydrazone groups is 1. The Morgan fingerprint density at radius 2 is 2.10 bits per heavy atom. The van der Waals surface area contributed by atoms with Crippen molar-refractivity contribution in [2.45, 2.75) is 13.0 Å². The summed E-state index contributed by atoms with van der Waals surface area (Å²) in [5.41, 5.74) is 9.79. The van der Waals surface area contributed by atoms with Crippen LogP contribution in [0.1, 0.15) is 16.1 Å². The number of nitrogens with two attached hydrogens (primary N) is 1. The standard InChI is InChI=1S/C19H18IN5O3S/c1-27-15-8-13(10-22-23-16(26)9-17-24-25-19(21)29-17)7-14(20)18(15)28-11-12-5-3-2-4-6-12/h2-8,10H,9,11H2,1H3,(H2,21,25)(H,23,26)/b22-10+. The smallest absolute Gasteiger partial charge is 0.247 e. The predicted octanol–water partition coefficient (Wildman–Crippen LogP) is 3.01. The Morgan fingerprint density at radius 3 is 2.79 bits per heavy atom. The van der Waals surface area contributed by atoms with E-state index in [1.165, 1.54) is 17.6 Å². The number of benzene rings is 2. The van der Waals surface area contributed by atoms with Gasteiger partial charge in [0.1, 0.15) is 11.6 Å². The van der Waals surface area contributed by atoms with Crippen molar-refractivity contribution in [3.8, 4) is 11.5 Å². The van der Waals surface area contributed by atoms with E-state index in [-0.39, 0.29) is 12.3 Å². The zero-order valence-corrected chi connectivity index (χ0v) is 18.4. The Morgan fingerprint density at radius 1 is 1.31 bits per heavy atom. The Hall–Kier alpha value is -2.73. The molecule has 1 aromatic heterocycles. The van der Waals surface area contributed by atoms with Crippen LogP contribution in [0.25, 0.3) is 0 Å². The first-order chi connectivity index (χ1) is 14.0. The molecule has 0 bridgehead atoms. The molecule has 0 aliphatic rings. The molecule has 10 heteroatoms. The monoisotopic (exact) mass is 523 g/mol. The molecule has 29 heavy (non-hydrogen) atoms. The van der Waals surface area contributed by atoms with Crippen molar-refractivity contribution in [2.24, 2.45) is 5.10 Å². The maximum atomic E-state index is 11.9. The van der Waals surface area contributed by atoms with Crippen LogP contribution in [-0.4, -0.2) is 29.4 Å². The molecule has 0 unspecified atom stereocenters. The number of halogens is 1. The first kappa shape index (κ1) is 21.0. The molecule has 3 N–H and O–H groups in total. The lowest BCUT2D eigenvalue weighted by Gasteiger charge is -2.13. The van der Waals surface area contributed by atoms with Crippen molar-refractivity contribution in [3.63, 3.8) is 0 Å². The first-order valence-corrected chi connectivity index (χ1v) is 10.4. The van der Waals surface area contributed by atoms with Crippen molar-refractivity contribution >= 4 is 51.2 Å². The van der Waals surface area contributed by atoms with Gasteiger partial charge in [-0.1, -0.05) is 41.7 Å². The van der Waals surface area contributed by atoms with Crippen molar-refractivity contribution < 1.29 is 14.3 Å². The van der Waals surface area contributed by atoms with E-state index in [9.17, 15) is 4.79 Å². The van der Waals surface area contributed by atoms with E-state index in [0.717, 1.165) is 14.7 Å². The number of nitrogens with zero attached hydrogens (tertiary/aromatic N) is 3. The molecule has 8 nitrogen and oxygen atoms in total. The van der Waals surface area contributed by atoms with Crippen LogP contribution >= 0.6 is 33.9 Å². The Balaban J connectivity index is 1.63. The minimum atomic E-state index is -0.304. The zero-order valence-electron chi connectivity index (χ0n) is 15.5. The molecule has 0 fully saturated rings. The van der Waals surface area contributed by atoms with Crippen molar-refractivity contribution in [2.75, 3.05) is 12.8 Å². The molecule has 1 amide bonds. The number of ether oxygens (including phenoxy) is 2. The van der Waals surface area contributed by atoms with Gasteiger partial charge < -0.3 is 15.2 Å². The van der Waals surface area contributed by atoms with Gasteiger partial charge >= 0.3 is 0 Å². The van der Waals surface area contributed by atoms with E-state index in [1.807, 2.05) is 36.4 Å². The van der Waals surface area contributed by atoms with E-state index < -0.39 is 0 Å². The van der Waals surface area contributed by atoms with E-state index in [1.54, 1.807) is 13.2 Å². The summed E-state index contributed by atoms with van der Waals surface area (Å²) in [5, 5.41) is 12.3. The van der Waals surface area contributed by atoms with Gasteiger partial charge in [-0.3, -0.25) is 4.79 Å². The Labute approximate surface area is 185 Å². The fourth-order valence-electron chi connectivity index (χ4n) is 2.38. The summed E-state index contributed by atoms with van der Waals surface area (Å²) in [6.07, 6.45) is 1.61. The maximum Gasteiger partial charge on any atom is 0.247 e. The summed E-state index contributed by atoms with van der Waals surface area (Å²) in [6.45, 7) is 0.437. The number of carbonyl (C=O) groups is 1. The number of nitrogens with one attached hydrogen (secondary N) is 1. The van der Waals surface area contributed by atoms with Crippen LogP contribution < -0.4 is 20.6 Å². The summed E-state index contributed by atoms with van der Waals surface area (Å²) in [4.78, 5) is 11.9. The van der Waals surface area contributed by atoms with E-state index in [0.29, 0.717) is 28.2 Å². The highest BCUT2D eigenvalue weighted by molar-refractivity contribution is 14.1. The second-order valence-corrected chi connectivity index (χ2v) is 8.07. The second kappa shape index (κ2) is 10.2. The van der Waals surface area contributed by atoms with E-state index >= 15 is 0 Å². The van der Waals surface area contributed by atoms with Crippen molar-refractivity contribution in [1.82, 2.24) is 15.6 Å². The molecule has 3 aromatic rings. The summed E-state index contributed by atoms with van der Waals surface area (Å²) in [7, 11) is 1.58. The van der Waals surface area contributed by atoms with Gasteiger partial charge in [0.2, 0.25) is 11.0 Å². The predicted molar refractivity (Wildman–Crippen MR) is 120 cm³/mol. The SMILES string of the molecule is COc1cc(/C=N/NC(=O)Cc2nnc(N)s2)cc(I)c1OCc1ccccc1. The number of hydrogen-bond acceptors (Lipinski definition) is 8. The molecule has 0 saturated heterocycles. The maximum absolute atomic E-state index is 11.9. The minimum Gasteiger partial charge on any atom is -0.493 e. The van der Waals surface area contributed by atoms with Gasteiger partial charge in [-0.05, 0) is 45.9 Å². The topological polar surface area (TPSA) is 112 Å². The van der Waals surface area contributed by atoms with Crippen molar-refractivity contribution in [1.29, 1.82) is 0 Å². The fraction of sp³-hybridized carbons (Fsp3) is 0.158. The lowest BCUT2D eigenvalue weighted by atomic mass is 10.2. The molecule has 0 saturated carbocycles. The Bertz CT molecular complexity index is 1010. The lowest BCUT2D eigenvalue weighted by molar-refractivity contribution is -0.120. The molecule has 3 rings (SSSR count). The van der Waals surface area contributed by atoms with Crippen LogP contribution in [0.3, 0.4) is 0 Å². The summed E-state index contributed by atoms with van der Waals surface area (Å²) in [6, 6.07) is 13.6. The normalized spacial score (nSPS) is 10.8. The van der Waals surface area contributed by atoms with Gasteiger partial charge in [0.05, 0.1) is 23.3 Å². The molecule has 0 spiro atoms. The molecule has 150 valence electrons. The third-order valence-corrected chi connectivity index (χ3v) is 5.23. The molecule has 0 atom stereocenters. The number of carbonyl (C=O) groups excluding carboxylic acids is 1. The number of methoxy groups -OCH3 is 1. The quantitative estimate of drug-likeness (QED) is 0.267. The van der Waals surface area contributed by atoms with Gasteiger partial charge in [0, 0.05) is 0 Å². The van der Waals surface area contributed by atoms with Crippen LogP contribution in [0.5, 0.6) is 11.5 Å². The fourth-order valence-corrected chi connectivity index (χ4v) is 3.77. The average Bonchev–Trinajstić information content (AvgIpc) is 3.12. The second-order valence-electron chi connectivity index (χ2n) is 5.81. The van der Waals surface area contributed by atoms with Crippen molar-refractivity contribution in [3.05, 3.63) is 62.2 Å². The van der Waals surface area contributed by atoms with E-state index in [4.69, 9.17) is 15.2 Å². The number of amides is 1. The Kier molecular flexibility index (Phi) is 7.36. The molecule has 1 heterocycles. The highest BCUT2D eigenvalue weighted by Crippen LogP contribution is 2.34. The van der Waals surface area contributed by atoms with E-state index in [2.05, 4.69) is 43.3 Å². The molecule has 0 aliphatic carbocycles. The number of nitrogen functional groups attached to an aromatic ring is 1. The van der Waals surface area contributed by atoms with Gasteiger partial charge in [0.25, 0.3) is 0 Å². The third-order valence-electron chi connectivity index (χ3n) is 3.67. The highest BCUT2D eigenvalue weighted by Gasteiger charge is 2.12. The number of anilines is 1. The van der Waals surface area contributed by atoms with Crippen LogP contribution in [-0.2, 0) is 17.8 Å². The number of rotatable bonds is 8. The van der Waals surface area contributed by atoms with Crippen LogP contribution in [0.15, 0.2) is 47.6 Å². The van der Waals surface area contributed by atoms with Crippen LogP contribution in [0.2, 0.25) is 0 Å². The number of aromatic nitrogens is 2. The molecular formula is C19H18IN5O3S. The summed E-state index contributed by atoms with van der Waals surface area (Å²) in [5.74, 6) is 0.943. The van der Waals surface area contributed by atoms with Gasteiger partial charge in [-0.25, -0.2) is 5.43 Å². The van der Waals surface area contributed by atoms with Gasteiger partial charge in [-0.2, -0.15) is 5.10 Å². The summed E-state index contributed by atoms with van der Waals surface area (Å²) < 4.78 is 12.3. The highest BCUT2D eigenvalue weighted by atomic mass is 127. The molecule has 2 aromatic carbocycles. The van der Waals surface area contributed by atoms with Gasteiger partial charge in [-0.15, -0.1) is 10.2 Å². The third kappa shape index (κ3) is 6.12. The molecule has 0 aliphatic heterocycles. The van der Waals surface area contributed by atoms with Crippen LogP contribution in [0, 0.1) is 3.57 Å². The van der Waals surface area contributed by atoms with Crippen LogP contribution in [0.4, 0.5) is 5.13 Å². The largest absolute Gasteiger partial charge is 0.493 e. The summed E-state index contributed by atoms with van der Waals surface area (Å²) >= 11 is 3.35. The number of hydrogen-bond donors (Lipinski definition) is 2.